The summed E-state index contributed by atoms with van der Waals surface area (Å²) in [6.45, 7) is 5.88. The minimum Gasteiger partial charge on any atom is -0.452 e. The van der Waals surface area contributed by atoms with Gasteiger partial charge in [0.05, 0.1) is 11.6 Å². The molecule has 0 aliphatic rings. The van der Waals surface area contributed by atoms with Crippen LogP contribution >= 0.6 is 0 Å². The second-order valence-corrected chi connectivity index (χ2v) is 6.20. The van der Waals surface area contributed by atoms with Gasteiger partial charge in [0.25, 0.3) is 5.91 Å². The fourth-order valence-electron chi connectivity index (χ4n) is 2.51. The molecule has 1 atom stereocenters. The van der Waals surface area contributed by atoms with Gasteiger partial charge in [-0.3, -0.25) is 9.78 Å². The third kappa shape index (κ3) is 5.41. The predicted octanol–water partition coefficient (Wildman–Crippen LogP) is 3.31. The molecule has 5 nitrogen and oxygen atoms in total. The molecular formula is C20H24N2O3. The summed E-state index contributed by atoms with van der Waals surface area (Å²) >= 11 is 0. The zero-order valence-corrected chi connectivity index (χ0v) is 14.9. The molecule has 2 rings (SSSR count). The molecule has 1 aromatic heterocycles. The molecule has 1 N–H and O–H groups in total. The van der Waals surface area contributed by atoms with Crippen molar-refractivity contribution in [3.63, 3.8) is 0 Å². The van der Waals surface area contributed by atoms with Crippen LogP contribution in [0.15, 0.2) is 48.8 Å². The summed E-state index contributed by atoms with van der Waals surface area (Å²) in [5, 5.41) is 2.95. The van der Waals surface area contributed by atoms with Gasteiger partial charge in [0, 0.05) is 12.4 Å². The number of nitrogens with one attached hydrogen (secondary N) is 1. The first-order valence-corrected chi connectivity index (χ1v) is 8.46. The lowest BCUT2D eigenvalue weighted by Gasteiger charge is -2.23. The van der Waals surface area contributed by atoms with E-state index in [1.54, 1.807) is 12.1 Å². The summed E-state index contributed by atoms with van der Waals surface area (Å²) in [4.78, 5) is 27.9. The molecule has 0 aliphatic heterocycles. The van der Waals surface area contributed by atoms with Gasteiger partial charge in [-0.2, -0.15) is 0 Å². The van der Waals surface area contributed by atoms with E-state index in [4.69, 9.17) is 4.74 Å². The first-order chi connectivity index (χ1) is 12.0. The van der Waals surface area contributed by atoms with E-state index in [0.29, 0.717) is 5.56 Å². The van der Waals surface area contributed by atoms with E-state index in [0.717, 1.165) is 12.0 Å². The molecule has 0 spiro atoms. The standard InChI is InChI=1S/C20H24N2O3/c1-4-15-5-7-16(8-6-15)19(14(2)3)22-18(23)13-25-20(24)17-9-11-21-12-10-17/h5-12,14,19H,4,13H2,1-3H3,(H,22,23)/t19-/m1/s1. The molecule has 132 valence electrons. The molecule has 0 fully saturated rings. The number of esters is 1. The highest BCUT2D eigenvalue weighted by Gasteiger charge is 2.19. The second-order valence-electron chi connectivity index (χ2n) is 6.20. The summed E-state index contributed by atoms with van der Waals surface area (Å²) < 4.78 is 5.06. The van der Waals surface area contributed by atoms with Crippen LogP contribution in [0, 0.1) is 5.92 Å². The summed E-state index contributed by atoms with van der Waals surface area (Å²) in [7, 11) is 0. The minimum atomic E-state index is -0.536. The van der Waals surface area contributed by atoms with Gasteiger partial charge in [-0.1, -0.05) is 45.0 Å². The lowest BCUT2D eigenvalue weighted by molar-refractivity contribution is -0.125. The molecule has 5 heteroatoms. The maximum absolute atomic E-state index is 12.2. The number of carbonyl (C=O) groups is 2. The van der Waals surface area contributed by atoms with Crippen molar-refractivity contribution in [2.75, 3.05) is 6.61 Å². The number of carbonyl (C=O) groups excluding carboxylic acids is 2. The number of amides is 1. The maximum Gasteiger partial charge on any atom is 0.338 e. The molecule has 0 radical (unpaired) electrons. The van der Waals surface area contributed by atoms with Crippen LogP contribution in [0.25, 0.3) is 0 Å². The molecule has 0 unspecified atom stereocenters. The van der Waals surface area contributed by atoms with Gasteiger partial charge >= 0.3 is 5.97 Å². The molecule has 0 saturated heterocycles. The quantitative estimate of drug-likeness (QED) is 0.785. The fourth-order valence-corrected chi connectivity index (χ4v) is 2.51. The number of rotatable bonds is 7. The van der Waals surface area contributed by atoms with Crippen molar-refractivity contribution in [2.24, 2.45) is 5.92 Å². The Labute approximate surface area is 148 Å². The topological polar surface area (TPSA) is 68.3 Å². The van der Waals surface area contributed by atoms with E-state index in [2.05, 4.69) is 29.4 Å². The van der Waals surface area contributed by atoms with Crippen LogP contribution in [-0.4, -0.2) is 23.5 Å². The van der Waals surface area contributed by atoms with E-state index in [9.17, 15) is 9.59 Å². The van der Waals surface area contributed by atoms with Crippen LogP contribution in [0.5, 0.6) is 0 Å². The van der Waals surface area contributed by atoms with Crippen LogP contribution < -0.4 is 5.32 Å². The van der Waals surface area contributed by atoms with Crippen LogP contribution in [0.3, 0.4) is 0 Å². The lowest BCUT2D eigenvalue weighted by Crippen LogP contribution is -2.35. The third-order valence-electron chi connectivity index (χ3n) is 3.98. The van der Waals surface area contributed by atoms with Crippen molar-refractivity contribution in [3.05, 3.63) is 65.5 Å². The van der Waals surface area contributed by atoms with Crippen molar-refractivity contribution >= 4 is 11.9 Å². The van der Waals surface area contributed by atoms with E-state index >= 15 is 0 Å². The normalized spacial score (nSPS) is 11.8. The highest BCUT2D eigenvalue weighted by Crippen LogP contribution is 2.22. The Morgan fingerprint density at radius 1 is 1.08 bits per heavy atom. The number of benzene rings is 1. The molecule has 0 bridgehead atoms. The van der Waals surface area contributed by atoms with Crippen LogP contribution in [0.2, 0.25) is 0 Å². The van der Waals surface area contributed by atoms with Crippen molar-refractivity contribution in [3.8, 4) is 0 Å². The molecular weight excluding hydrogens is 316 g/mol. The zero-order valence-electron chi connectivity index (χ0n) is 14.9. The average molecular weight is 340 g/mol. The molecule has 25 heavy (non-hydrogen) atoms. The maximum atomic E-state index is 12.2. The van der Waals surface area contributed by atoms with Gasteiger partial charge in [-0.25, -0.2) is 4.79 Å². The van der Waals surface area contributed by atoms with E-state index in [-0.39, 0.29) is 24.5 Å². The zero-order chi connectivity index (χ0) is 18.2. The highest BCUT2D eigenvalue weighted by atomic mass is 16.5. The van der Waals surface area contributed by atoms with Crippen molar-refractivity contribution in [1.29, 1.82) is 0 Å². The number of hydrogen-bond donors (Lipinski definition) is 1. The van der Waals surface area contributed by atoms with Crippen LogP contribution in [-0.2, 0) is 16.0 Å². The molecule has 0 saturated carbocycles. The monoisotopic (exact) mass is 340 g/mol. The number of aromatic nitrogens is 1. The Morgan fingerprint density at radius 2 is 1.72 bits per heavy atom. The number of ether oxygens (including phenoxy) is 1. The fraction of sp³-hybridized carbons (Fsp3) is 0.350. The summed E-state index contributed by atoms with van der Waals surface area (Å²) in [6, 6.07) is 11.2. The first kappa shape index (κ1) is 18.6. The van der Waals surface area contributed by atoms with Crippen LogP contribution in [0.4, 0.5) is 0 Å². The molecule has 1 aromatic carbocycles. The number of nitrogens with zero attached hydrogens (tertiary/aromatic N) is 1. The van der Waals surface area contributed by atoms with Crippen molar-refractivity contribution in [1.82, 2.24) is 10.3 Å². The summed E-state index contributed by atoms with van der Waals surface area (Å²) in [5.74, 6) is -0.640. The number of hydrogen-bond acceptors (Lipinski definition) is 4. The third-order valence-corrected chi connectivity index (χ3v) is 3.98. The average Bonchev–Trinajstić information content (AvgIpc) is 2.64. The van der Waals surface area contributed by atoms with Gasteiger partial charge in [0.1, 0.15) is 0 Å². The van der Waals surface area contributed by atoms with Gasteiger partial charge in [-0.15, -0.1) is 0 Å². The Hall–Kier alpha value is -2.69. The second kappa shape index (κ2) is 8.97. The first-order valence-electron chi connectivity index (χ1n) is 8.46. The largest absolute Gasteiger partial charge is 0.452 e. The summed E-state index contributed by atoms with van der Waals surface area (Å²) in [5.41, 5.74) is 2.67. The molecule has 1 heterocycles. The van der Waals surface area contributed by atoms with Gasteiger partial charge in [0.15, 0.2) is 6.61 Å². The SMILES string of the molecule is CCc1ccc([C@H](NC(=O)COC(=O)c2ccncc2)C(C)C)cc1. The van der Waals surface area contributed by atoms with Gasteiger partial charge < -0.3 is 10.1 Å². The smallest absolute Gasteiger partial charge is 0.338 e. The Bertz CT molecular complexity index is 697. The van der Waals surface area contributed by atoms with Crippen LogP contribution in [0.1, 0.15) is 48.3 Å². The number of aryl methyl sites for hydroxylation is 1. The molecule has 2 aromatic rings. The van der Waals surface area contributed by atoms with E-state index in [1.807, 2.05) is 26.0 Å². The van der Waals surface area contributed by atoms with Gasteiger partial charge in [-0.05, 0) is 35.6 Å². The van der Waals surface area contributed by atoms with Gasteiger partial charge in [0.2, 0.25) is 0 Å². The Balaban J connectivity index is 1.94. The molecule has 0 aliphatic carbocycles. The highest BCUT2D eigenvalue weighted by molar-refractivity contribution is 5.91. The molecule has 1 amide bonds. The Kier molecular flexibility index (Phi) is 6.69. The Morgan fingerprint density at radius 3 is 2.28 bits per heavy atom. The van der Waals surface area contributed by atoms with Crippen molar-refractivity contribution in [2.45, 2.75) is 33.2 Å². The summed E-state index contributed by atoms with van der Waals surface area (Å²) in [6.07, 6.45) is 3.99. The lowest BCUT2D eigenvalue weighted by atomic mass is 9.95. The minimum absolute atomic E-state index is 0.127. The predicted molar refractivity (Wildman–Crippen MR) is 96.1 cm³/mol. The van der Waals surface area contributed by atoms with Crippen molar-refractivity contribution < 1.29 is 14.3 Å². The van der Waals surface area contributed by atoms with E-state index < -0.39 is 5.97 Å². The van der Waals surface area contributed by atoms with E-state index in [1.165, 1.54) is 18.0 Å². The number of pyridine rings is 1.